The summed E-state index contributed by atoms with van der Waals surface area (Å²) in [4.78, 5) is 124. The predicted octanol–water partition coefficient (Wildman–Crippen LogP) is -3.09. The van der Waals surface area contributed by atoms with Crippen molar-refractivity contribution in [3.8, 4) is 0 Å². The summed E-state index contributed by atoms with van der Waals surface area (Å²) in [6.07, 6.45) is 0.229. The van der Waals surface area contributed by atoms with Crippen molar-refractivity contribution in [1.29, 1.82) is 0 Å². The molecule has 0 unspecified atom stereocenters. The number of imide groups is 1. The second-order valence-corrected chi connectivity index (χ2v) is 16.2. The highest BCUT2D eigenvalue weighted by Crippen LogP contribution is 2.31. The van der Waals surface area contributed by atoms with Crippen molar-refractivity contribution in [2.75, 3.05) is 25.4 Å². The number of rotatable bonds is 7. The summed E-state index contributed by atoms with van der Waals surface area (Å²) in [6, 6.07) is -2.76. The van der Waals surface area contributed by atoms with Gasteiger partial charge in [-0.1, -0.05) is 51.5 Å². The number of aliphatic hydroxyl groups is 2. The minimum absolute atomic E-state index is 0.00280. The molecule has 60 heavy (non-hydrogen) atoms. The molecule has 21 nitrogen and oxygen atoms in total. The third kappa shape index (κ3) is 10.7. The number of benzene rings is 1. The molecule has 2 bridgehead atoms. The Morgan fingerprint density at radius 3 is 2.33 bits per heavy atom. The number of aliphatic hydroxyl groups excluding tert-OH is 2. The molecule has 0 saturated carbocycles. The van der Waals surface area contributed by atoms with E-state index < -0.39 is 127 Å². The van der Waals surface area contributed by atoms with Crippen LogP contribution in [0.25, 0.3) is 10.8 Å². The molecule has 0 radical (unpaired) electrons. The maximum absolute atomic E-state index is 14.3. The number of fused-ring (bicyclic) bond motifs is 5. The van der Waals surface area contributed by atoms with E-state index in [4.69, 9.17) is 5.73 Å². The van der Waals surface area contributed by atoms with E-state index >= 15 is 0 Å². The molecule has 1 fully saturated rings. The van der Waals surface area contributed by atoms with Gasteiger partial charge in [-0.15, -0.1) is 11.8 Å². The van der Waals surface area contributed by atoms with Crippen molar-refractivity contribution in [3.05, 3.63) is 30.5 Å². The molecular weight excluding hydrogens is 805 g/mol. The monoisotopic (exact) mass is 856 g/mol. The SMILES string of the molecule is CC[C@H](C)[C@@H]1NC(=O)CNC(=O)[C@@H]2CSc3c4ccccc4cn3C[C@H](NC(=O)NC1=O)C(=O)N[C@@H](CC(N)=O)C(=O)N1CCC[C@H]1C(=O)N[C@@H]([C@@H](C)[C@@H](O)CO)C(=O)N2. The summed E-state index contributed by atoms with van der Waals surface area (Å²) in [7, 11) is 0. The normalized spacial score (nSPS) is 26.9. The van der Waals surface area contributed by atoms with Crippen LogP contribution in [0.3, 0.4) is 0 Å². The predicted molar refractivity (Wildman–Crippen MR) is 214 cm³/mol. The Balaban J connectivity index is 1.69. The molecule has 0 aliphatic carbocycles. The summed E-state index contributed by atoms with van der Waals surface area (Å²) in [6.45, 7) is 3.03. The van der Waals surface area contributed by atoms with Crippen LogP contribution in [0.1, 0.15) is 46.5 Å². The zero-order chi connectivity index (χ0) is 43.8. The number of amides is 10. The van der Waals surface area contributed by atoms with E-state index in [1.165, 1.54) is 6.92 Å². The number of primary amides is 1. The van der Waals surface area contributed by atoms with E-state index in [1.807, 2.05) is 0 Å². The Morgan fingerprint density at radius 1 is 0.900 bits per heavy atom. The first-order chi connectivity index (χ1) is 28.5. The Bertz CT molecular complexity index is 2010. The molecule has 2 aromatic rings. The van der Waals surface area contributed by atoms with Crippen LogP contribution in [0.5, 0.6) is 0 Å². The summed E-state index contributed by atoms with van der Waals surface area (Å²) in [5.41, 5.74) is 5.54. The van der Waals surface area contributed by atoms with Gasteiger partial charge in [0.05, 0.1) is 37.2 Å². The van der Waals surface area contributed by atoms with Gasteiger partial charge in [-0.2, -0.15) is 0 Å². The molecule has 0 spiro atoms. The number of hydrogen-bond donors (Lipinski definition) is 10. The molecule has 4 heterocycles. The van der Waals surface area contributed by atoms with Gasteiger partial charge in [0.2, 0.25) is 41.4 Å². The van der Waals surface area contributed by atoms with Gasteiger partial charge in [-0.3, -0.25) is 43.7 Å². The minimum atomic E-state index is -1.63. The molecule has 22 heteroatoms. The number of nitrogens with one attached hydrogen (secondary N) is 7. The molecule has 326 valence electrons. The third-order valence-electron chi connectivity index (χ3n) is 11.0. The van der Waals surface area contributed by atoms with Crippen LogP contribution in [-0.4, -0.2) is 141 Å². The van der Waals surface area contributed by atoms with Gasteiger partial charge in [-0.05, 0) is 18.8 Å². The highest BCUT2D eigenvalue weighted by molar-refractivity contribution is 7.99. The van der Waals surface area contributed by atoms with Gasteiger partial charge in [-0.25, -0.2) is 4.79 Å². The first-order valence-electron chi connectivity index (χ1n) is 19.7. The lowest BCUT2D eigenvalue weighted by Crippen LogP contribution is -2.61. The number of aromatic nitrogens is 1. The van der Waals surface area contributed by atoms with E-state index in [2.05, 4.69) is 37.2 Å². The fourth-order valence-electron chi connectivity index (χ4n) is 7.33. The smallest absolute Gasteiger partial charge is 0.322 e. The molecule has 1 saturated heterocycles. The maximum Gasteiger partial charge on any atom is 0.322 e. The zero-order valence-corrected chi connectivity index (χ0v) is 34.2. The van der Waals surface area contributed by atoms with Crippen LogP contribution >= 0.6 is 11.8 Å². The number of hydrogen-bond acceptors (Lipinski definition) is 12. The van der Waals surface area contributed by atoms with Gasteiger partial charge >= 0.3 is 6.03 Å². The topological polar surface area (TPSA) is 312 Å². The number of nitrogens with two attached hydrogens (primary N) is 1. The van der Waals surface area contributed by atoms with Gasteiger partial charge < -0.3 is 57.3 Å². The molecule has 9 atom stereocenters. The van der Waals surface area contributed by atoms with E-state index in [0.29, 0.717) is 28.6 Å². The van der Waals surface area contributed by atoms with Crippen LogP contribution in [-0.2, 0) is 44.9 Å². The quantitative estimate of drug-likeness (QED) is 0.133. The Labute approximate surface area is 349 Å². The van der Waals surface area contributed by atoms with Crippen molar-refractivity contribution in [2.24, 2.45) is 17.6 Å². The minimum Gasteiger partial charge on any atom is -0.394 e. The highest BCUT2D eigenvalue weighted by atomic mass is 32.2. The second-order valence-electron chi connectivity index (χ2n) is 15.2. The summed E-state index contributed by atoms with van der Waals surface area (Å²) < 4.78 is 1.61. The van der Waals surface area contributed by atoms with Crippen LogP contribution in [0.4, 0.5) is 4.79 Å². The molecule has 1 aromatic carbocycles. The van der Waals surface area contributed by atoms with Crippen LogP contribution in [0, 0.1) is 11.8 Å². The highest BCUT2D eigenvalue weighted by Gasteiger charge is 2.42. The summed E-state index contributed by atoms with van der Waals surface area (Å²) in [5.74, 6) is -9.02. The van der Waals surface area contributed by atoms with Crippen molar-refractivity contribution in [1.82, 2.24) is 46.7 Å². The third-order valence-corrected chi connectivity index (χ3v) is 12.2. The maximum atomic E-state index is 14.3. The van der Waals surface area contributed by atoms with Gasteiger partial charge in [0.25, 0.3) is 5.91 Å². The first kappa shape index (κ1) is 45.3. The van der Waals surface area contributed by atoms with E-state index in [-0.39, 0.29) is 25.3 Å². The van der Waals surface area contributed by atoms with Crippen molar-refractivity contribution >= 4 is 75.8 Å². The second kappa shape index (κ2) is 20.0. The van der Waals surface area contributed by atoms with Crippen LogP contribution < -0.4 is 43.0 Å². The number of nitrogens with zero attached hydrogens (tertiary/aromatic N) is 2. The number of urea groups is 1. The largest absolute Gasteiger partial charge is 0.394 e. The lowest BCUT2D eigenvalue weighted by atomic mass is 9.94. The fraction of sp³-hybridized carbons (Fsp3) is 0.553. The van der Waals surface area contributed by atoms with Crippen molar-refractivity contribution in [3.63, 3.8) is 0 Å². The van der Waals surface area contributed by atoms with E-state index in [1.54, 1.807) is 48.9 Å². The summed E-state index contributed by atoms with van der Waals surface area (Å²) in [5, 5.41) is 39.7. The fourth-order valence-corrected chi connectivity index (χ4v) is 8.52. The van der Waals surface area contributed by atoms with Crippen LogP contribution in [0.15, 0.2) is 35.5 Å². The lowest BCUT2D eigenvalue weighted by Gasteiger charge is -2.33. The van der Waals surface area contributed by atoms with Crippen molar-refractivity contribution < 1.29 is 53.4 Å². The van der Waals surface area contributed by atoms with Gasteiger partial charge in [0.1, 0.15) is 36.3 Å². The molecule has 5 rings (SSSR count). The van der Waals surface area contributed by atoms with Crippen molar-refractivity contribution in [2.45, 2.75) is 100 Å². The standard InChI is InChI=1S/C38H52N10O11S/c1-4-18(2)29-34(56)46-38(59)43-23-15-47-14-20-8-5-6-9-21(20)37(47)60-17-24(31(53)40-13-28(52)44-29)42-35(57)30(19(3)26(50)16-49)45-33(55)25-10-7-11-48(25)36(58)22(12-27(39)51)41-32(23)54/h5-6,8-9,14,18-19,22-26,29-30,49-50H,4,7,10-13,15-17H2,1-3H3,(H2,39,51)(H,40,53)(H,41,54)(H,42,57)(H,44,52)(H,45,55)(H2,43,46,56,59)/t18-,19-,22-,23-,24-,25-,26-,29-,30-/m0/s1. The molecule has 10 amide bonds. The molecule has 1 aromatic heterocycles. The van der Waals surface area contributed by atoms with Crippen LogP contribution in [0.2, 0.25) is 0 Å². The van der Waals surface area contributed by atoms with E-state index in [9.17, 15) is 53.4 Å². The molecule has 11 N–H and O–H groups in total. The van der Waals surface area contributed by atoms with E-state index in [0.717, 1.165) is 16.7 Å². The molecule has 3 aliphatic heterocycles. The zero-order valence-electron chi connectivity index (χ0n) is 33.4. The average Bonchev–Trinajstić information content (AvgIpc) is 3.85. The Morgan fingerprint density at radius 2 is 1.63 bits per heavy atom. The number of carbonyl (C=O) groups excluding carboxylic acids is 9. The average molecular weight is 857 g/mol. The lowest BCUT2D eigenvalue weighted by molar-refractivity contribution is -0.143. The molecule has 3 aliphatic rings. The first-order valence-corrected chi connectivity index (χ1v) is 20.7. The number of carbonyl (C=O) groups is 9. The van der Waals surface area contributed by atoms with Gasteiger partial charge in [0, 0.05) is 35.2 Å². The van der Waals surface area contributed by atoms with Gasteiger partial charge in [0.15, 0.2) is 0 Å². The summed E-state index contributed by atoms with van der Waals surface area (Å²) >= 11 is 1.07. The Kier molecular flexibility index (Phi) is 15.1. The molecular formula is C38H52N10O11S. The number of thioether (sulfide) groups is 1. The Hall–Kier alpha value is -5.74.